The van der Waals surface area contributed by atoms with E-state index >= 15 is 0 Å². The van der Waals surface area contributed by atoms with Crippen LogP contribution in [0.5, 0.6) is 0 Å². The molecule has 0 bridgehead atoms. The lowest BCUT2D eigenvalue weighted by Crippen LogP contribution is -2.31. The highest BCUT2D eigenvalue weighted by atomic mass is 32.2. The number of rotatable bonds is 3. The fourth-order valence-corrected chi connectivity index (χ4v) is 0.946. The highest BCUT2D eigenvalue weighted by Crippen LogP contribution is 2.01. The summed E-state index contributed by atoms with van der Waals surface area (Å²) in [6.45, 7) is 0. The molecule has 56 valence electrons. The smallest absolute Gasteiger partial charge is 0.0488 e. The molecule has 0 amide bonds. The Balaban J connectivity index is 2.18. The van der Waals surface area contributed by atoms with E-state index in [1.807, 2.05) is 12.5 Å². The molecule has 0 fully saturated rings. The molecule has 0 atom stereocenters. The third kappa shape index (κ3) is 2.33. The molecular formula is C6H11N3S. The average molecular weight is 157 g/mol. The van der Waals surface area contributed by atoms with Crippen LogP contribution in [0.2, 0.25) is 0 Å². The molecule has 0 radical (unpaired) electrons. The predicted octanol–water partition coefficient (Wildman–Crippen LogP) is 0.707. The first-order chi connectivity index (χ1) is 4.93. The Kier molecular flexibility index (Phi) is 3.18. The summed E-state index contributed by atoms with van der Waals surface area (Å²) in [4.78, 5) is 0. The van der Waals surface area contributed by atoms with Gasteiger partial charge in [0.1, 0.15) is 0 Å². The Hall–Kier alpha value is -0.610. The van der Waals surface area contributed by atoms with Gasteiger partial charge in [-0.3, -0.25) is 0 Å². The monoisotopic (exact) mass is 157 g/mol. The number of allylic oxidation sites excluding steroid dienone is 1. The second-order valence-electron chi connectivity index (χ2n) is 1.88. The van der Waals surface area contributed by atoms with E-state index in [9.17, 15) is 0 Å². The predicted molar refractivity (Wildman–Crippen MR) is 44.8 cm³/mol. The Bertz CT molecular complexity index is 153. The number of hydrazine groups is 2. The van der Waals surface area contributed by atoms with Crippen LogP contribution in [-0.4, -0.2) is 6.26 Å². The van der Waals surface area contributed by atoms with E-state index in [1.54, 1.807) is 11.8 Å². The highest BCUT2D eigenvalue weighted by molar-refractivity contribution is 8.01. The van der Waals surface area contributed by atoms with Crippen molar-refractivity contribution in [2.45, 2.75) is 6.42 Å². The van der Waals surface area contributed by atoms with E-state index in [1.165, 1.54) is 0 Å². The van der Waals surface area contributed by atoms with E-state index in [0.29, 0.717) is 0 Å². The Labute approximate surface area is 64.9 Å². The molecular weight excluding hydrogens is 146 g/mol. The first-order valence-corrected chi connectivity index (χ1v) is 4.35. The van der Waals surface area contributed by atoms with Crippen molar-refractivity contribution in [2.24, 2.45) is 0 Å². The van der Waals surface area contributed by atoms with Crippen molar-refractivity contribution in [1.82, 2.24) is 16.4 Å². The minimum absolute atomic E-state index is 0.945. The van der Waals surface area contributed by atoms with Crippen LogP contribution >= 0.6 is 11.8 Å². The van der Waals surface area contributed by atoms with E-state index in [-0.39, 0.29) is 0 Å². The second kappa shape index (κ2) is 4.24. The van der Waals surface area contributed by atoms with Gasteiger partial charge in [0.25, 0.3) is 0 Å². The molecule has 0 aromatic rings. The molecule has 1 rings (SSSR count). The minimum atomic E-state index is 0.945. The van der Waals surface area contributed by atoms with Gasteiger partial charge in [-0.15, -0.1) is 11.8 Å². The lowest BCUT2D eigenvalue weighted by molar-refractivity contribution is 0.596. The van der Waals surface area contributed by atoms with Gasteiger partial charge in [0.15, 0.2) is 0 Å². The lowest BCUT2D eigenvalue weighted by Gasteiger charge is -1.96. The Morgan fingerprint density at radius 3 is 3.20 bits per heavy atom. The molecule has 3 N–H and O–H groups in total. The minimum Gasteiger partial charge on any atom is -0.310 e. The summed E-state index contributed by atoms with van der Waals surface area (Å²) in [5, 5.41) is 2.07. The van der Waals surface area contributed by atoms with E-state index in [2.05, 4.69) is 27.9 Å². The van der Waals surface area contributed by atoms with Crippen molar-refractivity contribution in [2.75, 3.05) is 6.26 Å². The number of thioether (sulfide) groups is 1. The normalized spacial score (nSPS) is 16.7. The van der Waals surface area contributed by atoms with Crippen LogP contribution in [0.25, 0.3) is 0 Å². The van der Waals surface area contributed by atoms with Gasteiger partial charge in [-0.2, -0.15) is 5.53 Å². The molecule has 3 nitrogen and oxygen atoms in total. The van der Waals surface area contributed by atoms with E-state index in [0.717, 1.165) is 12.1 Å². The standard InChI is InChI=1S/C6H11N3S/c1-10-4-2-3-6-5-7-9-8-6/h2,4-5,7-9H,3H2,1H3/b4-2+. The molecule has 0 saturated heterocycles. The van der Waals surface area contributed by atoms with Gasteiger partial charge in [0.05, 0.1) is 0 Å². The Morgan fingerprint density at radius 1 is 1.70 bits per heavy atom. The maximum atomic E-state index is 2.95. The first-order valence-electron chi connectivity index (χ1n) is 3.07. The number of nitrogens with one attached hydrogen (secondary N) is 3. The fourth-order valence-electron chi connectivity index (χ4n) is 0.657. The van der Waals surface area contributed by atoms with Crippen molar-refractivity contribution in [3.63, 3.8) is 0 Å². The van der Waals surface area contributed by atoms with Gasteiger partial charge in [-0.25, -0.2) is 0 Å². The SMILES string of the molecule is CS/C=C/CC1=CNNN1. The number of hydrogen-bond donors (Lipinski definition) is 3. The lowest BCUT2D eigenvalue weighted by atomic mass is 10.3. The molecule has 0 unspecified atom stereocenters. The van der Waals surface area contributed by atoms with Crippen LogP contribution in [0, 0.1) is 0 Å². The highest BCUT2D eigenvalue weighted by Gasteiger charge is 1.96. The zero-order chi connectivity index (χ0) is 7.23. The topological polar surface area (TPSA) is 36.1 Å². The summed E-state index contributed by atoms with van der Waals surface area (Å²) in [5.74, 6) is 0. The molecule has 0 aromatic heterocycles. The van der Waals surface area contributed by atoms with Gasteiger partial charge in [0.2, 0.25) is 0 Å². The van der Waals surface area contributed by atoms with Crippen molar-refractivity contribution in [1.29, 1.82) is 0 Å². The molecule has 1 aliphatic heterocycles. The van der Waals surface area contributed by atoms with Gasteiger partial charge >= 0.3 is 0 Å². The number of hydrogen-bond acceptors (Lipinski definition) is 4. The van der Waals surface area contributed by atoms with Gasteiger partial charge < -0.3 is 10.9 Å². The molecule has 1 heterocycles. The van der Waals surface area contributed by atoms with E-state index in [4.69, 9.17) is 0 Å². The molecule has 4 heteroatoms. The van der Waals surface area contributed by atoms with Crippen LogP contribution in [0.3, 0.4) is 0 Å². The van der Waals surface area contributed by atoms with Crippen LogP contribution in [0.15, 0.2) is 23.4 Å². The van der Waals surface area contributed by atoms with Crippen LogP contribution < -0.4 is 16.4 Å². The molecule has 0 aliphatic carbocycles. The van der Waals surface area contributed by atoms with Gasteiger partial charge in [-0.05, 0) is 11.7 Å². The quantitative estimate of drug-likeness (QED) is 0.564. The zero-order valence-corrected chi connectivity index (χ0v) is 6.66. The largest absolute Gasteiger partial charge is 0.310 e. The molecule has 0 aromatic carbocycles. The van der Waals surface area contributed by atoms with Crippen LogP contribution in [0.4, 0.5) is 0 Å². The van der Waals surface area contributed by atoms with Crippen molar-refractivity contribution < 1.29 is 0 Å². The average Bonchev–Trinajstić information content (AvgIpc) is 2.41. The third-order valence-corrected chi connectivity index (χ3v) is 1.58. The Morgan fingerprint density at radius 2 is 2.60 bits per heavy atom. The van der Waals surface area contributed by atoms with E-state index < -0.39 is 0 Å². The van der Waals surface area contributed by atoms with Crippen LogP contribution in [-0.2, 0) is 0 Å². The molecule has 0 spiro atoms. The fraction of sp³-hybridized carbons (Fsp3) is 0.333. The molecule has 1 aliphatic rings. The van der Waals surface area contributed by atoms with Gasteiger partial charge in [-0.1, -0.05) is 6.08 Å². The summed E-state index contributed by atoms with van der Waals surface area (Å²) in [6.07, 6.45) is 7.01. The molecule has 10 heavy (non-hydrogen) atoms. The van der Waals surface area contributed by atoms with Crippen molar-refractivity contribution >= 4 is 11.8 Å². The molecule has 0 saturated carbocycles. The maximum absolute atomic E-state index is 2.95. The summed E-state index contributed by atoms with van der Waals surface area (Å²) < 4.78 is 0. The van der Waals surface area contributed by atoms with Crippen molar-refractivity contribution in [3.8, 4) is 0 Å². The van der Waals surface area contributed by atoms with Crippen LogP contribution in [0.1, 0.15) is 6.42 Å². The second-order valence-corrected chi connectivity index (χ2v) is 2.62. The van der Waals surface area contributed by atoms with Crippen molar-refractivity contribution in [3.05, 3.63) is 23.4 Å². The third-order valence-electron chi connectivity index (χ3n) is 1.11. The first kappa shape index (κ1) is 7.50. The summed E-state index contributed by atoms with van der Waals surface area (Å²) >= 11 is 1.71. The summed E-state index contributed by atoms with van der Waals surface area (Å²) in [6, 6.07) is 0. The summed E-state index contributed by atoms with van der Waals surface area (Å²) in [7, 11) is 0. The summed E-state index contributed by atoms with van der Waals surface area (Å²) in [5.41, 5.74) is 9.71. The zero-order valence-electron chi connectivity index (χ0n) is 5.85. The van der Waals surface area contributed by atoms with Gasteiger partial charge in [0, 0.05) is 18.3 Å². The maximum Gasteiger partial charge on any atom is 0.0488 e.